The quantitative estimate of drug-likeness (QED) is 0.267. The number of nitrogens with zero attached hydrogens (tertiary/aromatic N) is 2. The summed E-state index contributed by atoms with van der Waals surface area (Å²) in [6.07, 6.45) is 16.0. The predicted molar refractivity (Wildman–Crippen MR) is 145 cm³/mol. The molecule has 0 spiro atoms. The van der Waals surface area contributed by atoms with Gasteiger partial charge in [0.25, 0.3) is 0 Å². The van der Waals surface area contributed by atoms with E-state index in [9.17, 15) is 8.78 Å². The molecule has 37 heavy (non-hydrogen) atoms. The molecule has 6 rings (SSSR count). The molecule has 2 nitrogen and oxygen atoms in total. The number of allylic oxidation sites excluding steroid dienone is 8. The third-order valence-electron chi connectivity index (χ3n) is 5.97. The molecule has 5 heteroatoms. The maximum absolute atomic E-state index is 13.7. The number of thiophene rings is 1. The van der Waals surface area contributed by atoms with Crippen LogP contribution in [0.1, 0.15) is 9.75 Å². The van der Waals surface area contributed by atoms with Gasteiger partial charge in [0.1, 0.15) is 32.4 Å². The van der Waals surface area contributed by atoms with Gasteiger partial charge < -0.3 is 0 Å². The molecule has 4 aromatic rings. The summed E-state index contributed by atoms with van der Waals surface area (Å²) in [7, 11) is 0. The lowest BCUT2D eigenvalue weighted by atomic mass is 10.0. The van der Waals surface area contributed by atoms with Crippen LogP contribution in [0.2, 0.25) is 0 Å². The molecule has 0 radical (unpaired) electrons. The summed E-state index contributed by atoms with van der Waals surface area (Å²) in [4.78, 5) is 11.6. The van der Waals surface area contributed by atoms with Crippen molar-refractivity contribution in [1.29, 1.82) is 0 Å². The average molecular weight is 501 g/mol. The summed E-state index contributed by atoms with van der Waals surface area (Å²) in [6.45, 7) is 0. The Morgan fingerprint density at radius 1 is 0.568 bits per heavy atom. The maximum Gasteiger partial charge on any atom is 0.123 e. The zero-order valence-corrected chi connectivity index (χ0v) is 20.3. The number of fused-ring (bicyclic) bond motifs is 1. The van der Waals surface area contributed by atoms with Gasteiger partial charge in [-0.15, -0.1) is 11.3 Å². The first-order valence-corrected chi connectivity index (χ1v) is 12.6. The molecule has 2 aliphatic rings. The van der Waals surface area contributed by atoms with Gasteiger partial charge in [0.05, 0.1) is 23.2 Å². The van der Waals surface area contributed by atoms with Gasteiger partial charge >= 0.3 is 0 Å². The Hall–Kier alpha value is -4.58. The second kappa shape index (κ2) is 9.82. The number of halogens is 2. The second-order valence-corrected chi connectivity index (χ2v) is 9.54. The molecule has 0 bridgehead atoms. The molecule has 0 fully saturated rings. The van der Waals surface area contributed by atoms with Gasteiger partial charge in [-0.25, -0.2) is 18.7 Å². The van der Waals surface area contributed by atoms with Crippen LogP contribution in [0, 0.1) is 47.2 Å². The van der Waals surface area contributed by atoms with E-state index in [1.165, 1.54) is 35.6 Å². The van der Waals surface area contributed by atoms with Gasteiger partial charge in [0.15, 0.2) is 0 Å². The van der Waals surface area contributed by atoms with Crippen molar-refractivity contribution in [3.63, 3.8) is 0 Å². The van der Waals surface area contributed by atoms with Crippen molar-refractivity contribution < 1.29 is 8.78 Å². The van der Waals surface area contributed by atoms with Crippen LogP contribution in [0.3, 0.4) is 0 Å². The fourth-order valence-electron chi connectivity index (χ4n) is 4.09. The van der Waals surface area contributed by atoms with Gasteiger partial charge in [-0.1, -0.05) is 72.3 Å². The Bertz CT molecular complexity index is 1600. The summed E-state index contributed by atoms with van der Waals surface area (Å²) in [5.74, 6) is 12.5. The van der Waals surface area contributed by atoms with Crippen LogP contribution >= 0.6 is 11.3 Å². The molecule has 2 aromatic heterocycles. The van der Waals surface area contributed by atoms with E-state index >= 15 is 0 Å². The van der Waals surface area contributed by atoms with E-state index in [2.05, 4.69) is 23.7 Å². The van der Waals surface area contributed by atoms with Crippen molar-refractivity contribution in [2.45, 2.75) is 0 Å². The van der Waals surface area contributed by atoms with Crippen molar-refractivity contribution >= 4 is 22.4 Å². The Labute approximate surface area is 217 Å². The lowest BCUT2D eigenvalue weighted by Gasteiger charge is -2.10. The Balaban J connectivity index is 1.59. The lowest BCUT2D eigenvalue weighted by Crippen LogP contribution is -1.96. The first kappa shape index (κ1) is 22.9. The highest BCUT2D eigenvalue weighted by Crippen LogP contribution is 2.36. The van der Waals surface area contributed by atoms with E-state index in [1.807, 2.05) is 48.6 Å². The smallest absolute Gasteiger partial charge is 0.123 e. The molecule has 0 saturated heterocycles. The summed E-state index contributed by atoms with van der Waals surface area (Å²) in [6, 6.07) is 12.2. The van der Waals surface area contributed by atoms with E-state index in [0.717, 1.165) is 9.75 Å². The highest BCUT2D eigenvalue weighted by Gasteiger charge is 2.19. The van der Waals surface area contributed by atoms with E-state index in [1.54, 1.807) is 24.3 Å². The zero-order chi connectivity index (χ0) is 25.2. The van der Waals surface area contributed by atoms with Gasteiger partial charge in [-0.05, 0) is 48.5 Å². The number of benzene rings is 2. The number of hydrogen-bond donors (Lipinski definition) is 0. The van der Waals surface area contributed by atoms with Crippen molar-refractivity contribution in [2.75, 3.05) is 0 Å². The second-order valence-electron chi connectivity index (χ2n) is 8.52. The van der Waals surface area contributed by atoms with Crippen LogP contribution in [0.15, 0.2) is 97.1 Å². The number of rotatable bonds is 2. The molecule has 0 amide bonds. The van der Waals surface area contributed by atoms with Crippen LogP contribution in [0.5, 0.6) is 0 Å². The summed E-state index contributed by atoms with van der Waals surface area (Å²) < 4.78 is 27.4. The topological polar surface area (TPSA) is 25.8 Å². The first-order chi connectivity index (χ1) is 18.1. The molecule has 2 aromatic carbocycles. The molecular formula is C32H18F2N2S. The minimum atomic E-state index is -0.339. The van der Waals surface area contributed by atoms with Crippen molar-refractivity contribution in [2.24, 2.45) is 11.8 Å². The monoisotopic (exact) mass is 500 g/mol. The molecule has 176 valence electrons. The predicted octanol–water partition coefficient (Wildman–Crippen LogP) is 7.49. The van der Waals surface area contributed by atoms with Crippen LogP contribution < -0.4 is 0 Å². The van der Waals surface area contributed by atoms with E-state index in [4.69, 9.17) is 9.97 Å². The summed E-state index contributed by atoms with van der Waals surface area (Å²) >= 11 is 1.46. The Morgan fingerprint density at radius 2 is 0.946 bits per heavy atom. The minimum Gasteiger partial charge on any atom is -0.242 e. The fraction of sp³-hybridized carbons (Fsp3) is 0.0625. The van der Waals surface area contributed by atoms with E-state index in [-0.39, 0.29) is 23.5 Å². The Morgan fingerprint density at radius 3 is 1.32 bits per heavy atom. The normalized spacial score (nSPS) is 14.2. The molecule has 0 aliphatic heterocycles. The van der Waals surface area contributed by atoms with E-state index in [0.29, 0.717) is 33.5 Å². The van der Waals surface area contributed by atoms with Crippen LogP contribution in [0.25, 0.3) is 33.5 Å². The largest absolute Gasteiger partial charge is 0.242 e. The van der Waals surface area contributed by atoms with Crippen molar-refractivity contribution in [3.05, 3.63) is 119 Å². The third kappa shape index (κ3) is 4.78. The molecule has 0 atom stereocenters. The maximum atomic E-state index is 13.7. The first-order valence-electron chi connectivity index (χ1n) is 11.7. The molecular weight excluding hydrogens is 482 g/mol. The molecule has 2 aliphatic carbocycles. The Kier molecular flexibility index (Phi) is 6.06. The third-order valence-corrected chi connectivity index (χ3v) is 6.97. The average Bonchev–Trinajstić information content (AvgIpc) is 3.68. The number of hydrogen-bond acceptors (Lipinski definition) is 3. The molecule has 2 heterocycles. The summed E-state index contributed by atoms with van der Waals surface area (Å²) in [5.41, 5.74) is 3.85. The van der Waals surface area contributed by atoms with E-state index < -0.39 is 0 Å². The van der Waals surface area contributed by atoms with Crippen LogP contribution in [-0.4, -0.2) is 9.97 Å². The summed E-state index contributed by atoms with van der Waals surface area (Å²) in [5, 5.41) is 0. The highest BCUT2D eigenvalue weighted by atomic mass is 32.1. The van der Waals surface area contributed by atoms with Crippen molar-refractivity contribution in [1.82, 2.24) is 9.97 Å². The van der Waals surface area contributed by atoms with Gasteiger partial charge in [-0.2, -0.15) is 0 Å². The fourth-order valence-corrected chi connectivity index (χ4v) is 4.99. The highest BCUT2D eigenvalue weighted by molar-refractivity contribution is 7.14. The lowest BCUT2D eigenvalue weighted by molar-refractivity contribution is 0.627. The van der Waals surface area contributed by atoms with Crippen LogP contribution in [0.4, 0.5) is 8.78 Å². The standard InChI is InChI=1S/C32H18F2N2S/c33-25-15-11-23(12-16-25)29-30(24-13-17-26(34)18-14-24)36-32-28(20-10-22-7-3-4-8-22)37-27(31(32)35-29)19-9-21-5-1-2-6-21/h1-8,11-18,21-22H. The number of aromatic nitrogens is 2. The SMILES string of the molecule is Fc1ccc(-c2nc3c(C#CC4C=CC=C4)sc(C#CC4C=CC=C4)c3nc2-c2ccc(F)cc2)cc1. The minimum absolute atomic E-state index is 0.0449. The molecule has 0 N–H and O–H groups in total. The zero-order valence-electron chi connectivity index (χ0n) is 19.5. The van der Waals surface area contributed by atoms with Gasteiger partial charge in [-0.3, -0.25) is 0 Å². The van der Waals surface area contributed by atoms with Gasteiger partial charge in [0.2, 0.25) is 0 Å². The van der Waals surface area contributed by atoms with Gasteiger partial charge in [0, 0.05) is 11.1 Å². The van der Waals surface area contributed by atoms with Crippen LogP contribution in [-0.2, 0) is 0 Å². The molecule has 0 unspecified atom stereocenters. The molecule has 0 saturated carbocycles. The van der Waals surface area contributed by atoms with Crippen molar-refractivity contribution in [3.8, 4) is 46.2 Å².